The van der Waals surface area contributed by atoms with Crippen LogP contribution < -0.4 is 5.32 Å². The average Bonchev–Trinajstić information content (AvgIpc) is 2.43. The molecular weight excluding hydrogens is 252 g/mol. The molecule has 0 spiro atoms. The largest absolute Gasteiger partial charge is 0.346 e. The van der Waals surface area contributed by atoms with E-state index in [9.17, 15) is 0 Å². The number of nitrogens with one attached hydrogen (secondary N) is 1. The van der Waals surface area contributed by atoms with Crippen molar-refractivity contribution in [3.8, 4) is 0 Å². The van der Waals surface area contributed by atoms with Gasteiger partial charge in [0.2, 0.25) is 0 Å². The standard InChI is InChI=1S/C16H24N2S/c1-3-18(15-7-5-4-6-8-15)16(19)17-14-11-9-13(2)10-12-14/h9-12,15H,3-8H2,1-2H3,(H,17,19). The lowest BCUT2D eigenvalue weighted by Crippen LogP contribution is -2.43. The van der Waals surface area contributed by atoms with Gasteiger partial charge in [0.05, 0.1) is 0 Å². The molecule has 0 bridgehead atoms. The summed E-state index contributed by atoms with van der Waals surface area (Å²) < 4.78 is 0. The van der Waals surface area contributed by atoms with E-state index in [4.69, 9.17) is 12.2 Å². The Morgan fingerprint density at radius 3 is 2.42 bits per heavy atom. The molecule has 1 aromatic carbocycles. The molecule has 2 nitrogen and oxygen atoms in total. The molecule has 1 aromatic rings. The highest BCUT2D eigenvalue weighted by Crippen LogP contribution is 2.23. The van der Waals surface area contributed by atoms with Crippen LogP contribution >= 0.6 is 12.2 Å². The summed E-state index contributed by atoms with van der Waals surface area (Å²) >= 11 is 5.59. The smallest absolute Gasteiger partial charge is 0.173 e. The van der Waals surface area contributed by atoms with Crippen molar-refractivity contribution in [2.75, 3.05) is 11.9 Å². The van der Waals surface area contributed by atoms with Gasteiger partial charge in [-0.15, -0.1) is 0 Å². The molecule has 0 amide bonds. The van der Waals surface area contributed by atoms with Gasteiger partial charge >= 0.3 is 0 Å². The number of anilines is 1. The van der Waals surface area contributed by atoms with E-state index in [1.807, 2.05) is 0 Å². The highest BCUT2D eigenvalue weighted by molar-refractivity contribution is 7.80. The summed E-state index contributed by atoms with van der Waals surface area (Å²) in [7, 11) is 0. The molecule has 1 saturated carbocycles. The highest BCUT2D eigenvalue weighted by Gasteiger charge is 2.21. The summed E-state index contributed by atoms with van der Waals surface area (Å²) in [6.07, 6.45) is 6.63. The maximum Gasteiger partial charge on any atom is 0.173 e. The van der Waals surface area contributed by atoms with Crippen LogP contribution in [0.25, 0.3) is 0 Å². The number of benzene rings is 1. The van der Waals surface area contributed by atoms with Gasteiger partial charge in [-0.25, -0.2) is 0 Å². The van der Waals surface area contributed by atoms with Crippen molar-refractivity contribution >= 4 is 23.0 Å². The minimum Gasteiger partial charge on any atom is -0.346 e. The van der Waals surface area contributed by atoms with E-state index >= 15 is 0 Å². The van der Waals surface area contributed by atoms with Gasteiger partial charge in [-0.3, -0.25) is 0 Å². The molecular formula is C16H24N2S. The molecule has 0 radical (unpaired) electrons. The predicted molar refractivity (Wildman–Crippen MR) is 86.7 cm³/mol. The summed E-state index contributed by atoms with van der Waals surface area (Å²) in [4.78, 5) is 2.36. The van der Waals surface area contributed by atoms with Crippen molar-refractivity contribution < 1.29 is 0 Å². The van der Waals surface area contributed by atoms with E-state index in [1.165, 1.54) is 37.7 Å². The van der Waals surface area contributed by atoms with Gasteiger partial charge in [0, 0.05) is 18.3 Å². The van der Waals surface area contributed by atoms with Crippen LogP contribution in [0.15, 0.2) is 24.3 Å². The monoisotopic (exact) mass is 276 g/mol. The predicted octanol–water partition coefficient (Wildman–Crippen LogP) is 4.35. The third kappa shape index (κ3) is 3.93. The summed E-state index contributed by atoms with van der Waals surface area (Å²) in [5.41, 5.74) is 2.36. The maximum atomic E-state index is 5.59. The second-order valence-electron chi connectivity index (χ2n) is 5.37. The molecule has 0 aliphatic heterocycles. The minimum atomic E-state index is 0.629. The van der Waals surface area contributed by atoms with Gasteiger partial charge in [0.1, 0.15) is 0 Å². The fraction of sp³-hybridized carbons (Fsp3) is 0.562. The van der Waals surface area contributed by atoms with Crippen molar-refractivity contribution in [1.82, 2.24) is 4.90 Å². The Morgan fingerprint density at radius 1 is 1.21 bits per heavy atom. The zero-order chi connectivity index (χ0) is 13.7. The number of hydrogen-bond donors (Lipinski definition) is 1. The minimum absolute atomic E-state index is 0.629. The first kappa shape index (κ1) is 14.3. The van der Waals surface area contributed by atoms with Gasteiger partial charge in [-0.1, -0.05) is 37.0 Å². The fourth-order valence-electron chi connectivity index (χ4n) is 2.79. The fourth-order valence-corrected chi connectivity index (χ4v) is 3.19. The van der Waals surface area contributed by atoms with E-state index < -0.39 is 0 Å². The van der Waals surface area contributed by atoms with Crippen LogP contribution in [0.1, 0.15) is 44.6 Å². The Hall–Kier alpha value is -1.09. The number of rotatable bonds is 3. The van der Waals surface area contributed by atoms with E-state index in [0.29, 0.717) is 6.04 Å². The second-order valence-corrected chi connectivity index (χ2v) is 5.76. The second kappa shape index (κ2) is 6.90. The van der Waals surface area contributed by atoms with Crippen LogP contribution in [0.5, 0.6) is 0 Å². The molecule has 104 valence electrons. The quantitative estimate of drug-likeness (QED) is 0.826. The van der Waals surface area contributed by atoms with Crippen LogP contribution in [-0.4, -0.2) is 22.6 Å². The van der Waals surface area contributed by atoms with Crippen molar-refractivity contribution in [3.05, 3.63) is 29.8 Å². The van der Waals surface area contributed by atoms with Crippen LogP contribution in [0.4, 0.5) is 5.69 Å². The SMILES string of the molecule is CCN(C(=S)Nc1ccc(C)cc1)C1CCCCC1. The maximum absolute atomic E-state index is 5.59. The molecule has 0 aromatic heterocycles. The van der Waals surface area contributed by atoms with Crippen molar-refractivity contribution in [3.63, 3.8) is 0 Å². The zero-order valence-corrected chi connectivity index (χ0v) is 12.8. The number of hydrogen-bond acceptors (Lipinski definition) is 1. The summed E-state index contributed by atoms with van der Waals surface area (Å²) in [6.45, 7) is 5.28. The van der Waals surface area contributed by atoms with Gasteiger partial charge < -0.3 is 10.2 Å². The highest BCUT2D eigenvalue weighted by atomic mass is 32.1. The van der Waals surface area contributed by atoms with E-state index in [-0.39, 0.29) is 0 Å². The normalized spacial score (nSPS) is 16.1. The van der Waals surface area contributed by atoms with E-state index in [2.05, 4.69) is 48.3 Å². The topological polar surface area (TPSA) is 15.3 Å². The lowest BCUT2D eigenvalue weighted by atomic mass is 9.94. The molecule has 3 heteroatoms. The lowest BCUT2D eigenvalue weighted by molar-refractivity contribution is 0.255. The first-order valence-electron chi connectivity index (χ1n) is 7.35. The van der Waals surface area contributed by atoms with Gasteiger partial charge in [0.25, 0.3) is 0 Å². The lowest BCUT2D eigenvalue weighted by Gasteiger charge is -2.35. The summed E-state index contributed by atoms with van der Waals surface area (Å²) in [5, 5.41) is 4.25. The molecule has 2 rings (SSSR count). The molecule has 1 aliphatic carbocycles. The van der Waals surface area contributed by atoms with Crippen molar-refractivity contribution in [2.24, 2.45) is 0 Å². The van der Waals surface area contributed by atoms with Crippen LogP contribution in [-0.2, 0) is 0 Å². The van der Waals surface area contributed by atoms with Crippen LogP contribution in [0.2, 0.25) is 0 Å². The van der Waals surface area contributed by atoms with Gasteiger partial charge in [-0.05, 0) is 51.0 Å². The van der Waals surface area contributed by atoms with E-state index in [1.54, 1.807) is 0 Å². The summed E-state index contributed by atoms with van der Waals surface area (Å²) in [5.74, 6) is 0. The average molecular weight is 276 g/mol. The Morgan fingerprint density at radius 2 is 1.84 bits per heavy atom. The molecule has 1 aliphatic rings. The van der Waals surface area contributed by atoms with Gasteiger partial charge in [-0.2, -0.15) is 0 Å². The van der Waals surface area contributed by atoms with Crippen LogP contribution in [0.3, 0.4) is 0 Å². The van der Waals surface area contributed by atoms with Crippen molar-refractivity contribution in [2.45, 2.75) is 52.0 Å². The zero-order valence-electron chi connectivity index (χ0n) is 12.0. The summed E-state index contributed by atoms with van der Waals surface area (Å²) in [6, 6.07) is 9.04. The molecule has 1 fully saturated rings. The van der Waals surface area contributed by atoms with Crippen molar-refractivity contribution in [1.29, 1.82) is 0 Å². The Labute approximate surface area is 122 Å². The number of nitrogens with zero attached hydrogens (tertiary/aromatic N) is 1. The number of thiocarbonyl (C=S) groups is 1. The molecule has 1 N–H and O–H groups in total. The molecule has 19 heavy (non-hydrogen) atoms. The Kier molecular flexibility index (Phi) is 5.20. The Bertz CT molecular complexity index is 407. The first-order chi connectivity index (χ1) is 9.20. The Balaban J connectivity index is 1.97. The molecule has 0 heterocycles. The van der Waals surface area contributed by atoms with Gasteiger partial charge in [0.15, 0.2) is 5.11 Å². The molecule has 0 atom stereocenters. The molecule has 0 unspecified atom stereocenters. The first-order valence-corrected chi connectivity index (χ1v) is 7.76. The molecule has 0 saturated heterocycles. The third-order valence-corrected chi connectivity index (χ3v) is 4.26. The third-order valence-electron chi connectivity index (χ3n) is 3.92. The number of aryl methyl sites for hydroxylation is 1. The van der Waals surface area contributed by atoms with E-state index in [0.717, 1.165) is 17.3 Å². The van der Waals surface area contributed by atoms with Crippen LogP contribution in [0, 0.1) is 6.92 Å².